The van der Waals surface area contributed by atoms with Crippen molar-refractivity contribution in [2.24, 2.45) is 0 Å². The molecule has 9 nitrogen and oxygen atoms in total. The Labute approximate surface area is 117 Å². The summed E-state index contributed by atoms with van der Waals surface area (Å²) < 4.78 is 0. The highest BCUT2D eigenvalue weighted by Crippen LogP contribution is 2.17. The fourth-order valence-electron chi connectivity index (χ4n) is 1.45. The molecule has 1 aromatic heterocycles. The van der Waals surface area contributed by atoms with Crippen molar-refractivity contribution >= 4 is 34.8 Å². The van der Waals surface area contributed by atoms with Gasteiger partial charge in [-0.05, 0) is 6.07 Å². The van der Waals surface area contributed by atoms with E-state index in [4.69, 9.17) is 0 Å². The SMILES string of the molecule is O=C(NCCN1C(=O)CSC1=O)Nc1ccc(=O)[nH]n1. The molecule has 0 aliphatic carbocycles. The van der Waals surface area contributed by atoms with Gasteiger partial charge in [-0.3, -0.25) is 24.6 Å². The van der Waals surface area contributed by atoms with E-state index in [0.29, 0.717) is 0 Å². The van der Waals surface area contributed by atoms with Crippen LogP contribution in [0.25, 0.3) is 0 Å². The predicted molar refractivity (Wildman–Crippen MR) is 71.4 cm³/mol. The number of rotatable bonds is 4. The number of amides is 4. The Kier molecular flexibility index (Phi) is 4.35. The molecular weight excluding hydrogens is 286 g/mol. The maximum absolute atomic E-state index is 11.5. The van der Waals surface area contributed by atoms with Crippen LogP contribution in [0.4, 0.5) is 15.4 Å². The van der Waals surface area contributed by atoms with Gasteiger partial charge in [-0.2, -0.15) is 5.10 Å². The molecule has 0 atom stereocenters. The van der Waals surface area contributed by atoms with E-state index in [0.717, 1.165) is 16.7 Å². The van der Waals surface area contributed by atoms with Gasteiger partial charge in [-0.1, -0.05) is 11.8 Å². The number of H-pyrrole nitrogens is 1. The van der Waals surface area contributed by atoms with Crippen LogP contribution in [0.3, 0.4) is 0 Å². The summed E-state index contributed by atoms with van der Waals surface area (Å²) in [5.74, 6) is 0.0715. The summed E-state index contributed by atoms with van der Waals surface area (Å²) in [7, 11) is 0. The lowest BCUT2D eigenvalue weighted by Gasteiger charge is -2.13. The quantitative estimate of drug-likeness (QED) is 0.693. The fraction of sp³-hybridized carbons (Fsp3) is 0.300. The summed E-state index contributed by atoms with van der Waals surface area (Å²) in [6.45, 7) is 0.254. The molecule has 2 heterocycles. The zero-order valence-electron chi connectivity index (χ0n) is 10.2. The second-order valence-corrected chi connectivity index (χ2v) is 4.71. The van der Waals surface area contributed by atoms with Crippen LogP contribution in [0.2, 0.25) is 0 Å². The largest absolute Gasteiger partial charge is 0.336 e. The molecule has 0 radical (unpaired) electrons. The first-order valence-corrected chi connectivity index (χ1v) is 6.62. The maximum Gasteiger partial charge on any atom is 0.320 e. The highest BCUT2D eigenvalue weighted by atomic mass is 32.2. The van der Waals surface area contributed by atoms with Gasteiger partial charge in [-0.15, -0.1) is 0 Å². The van der Waals surface area contributed by atoms with Gasteiger partial charge in [0.2, 0.25) is 5.91 Å². The average Bonchev–Trinajstić information content (AvgIpc) is 2.73. The molecule has 10 heteroatoms. The lowest BCUT2D eigenvalue weighted by molar-refractivity contribution is -0.124. The topological polar surface area (TPSA) is 124 Å². The molecule has 0 saturated carbocycles. The fourth-order valence-corrected chi connectivity index (χ4v) is 2.20. The van der Waals surface area contributed by atoms with E-state index in [2.05, 4.69) is 20.8 Å². The highest BCUT2D eigenvalue weighted by Gasteiger charge is 2.29. The average molecular weight is 297 g/mol. The molecule has 3 N–H and O–H groups in total. The molecule has 2 rings (SSSR count). The number of aromatic nitrogens is 2. The number of carbonyl (C=O) groups is 3. The number of anilines is 1. The van der Waals surface area contributed by atoms with Crippen molar-refractivity contribution in [2.45, 2.75) is 0 Å². The third kappa shape index (κ3) is 3.57. The number of urea groups is 1. The molecule has 1 fully saturated rings. The second kappa shape index (κ2) is 6.19. The van der Waals surface area contributed by atoms with Crippen LogP contribution in [0.5, 0.6) is 0 Å². The lowest BCUT2D eigenvalue weighted by Crippen LogP contribution is -2.39. The molecule has 0 unspecified atom stereocenters. The van der Waals surface area contributed by atoms with Crippen LogP contribution in [-0.2, 0) is 4.79 Å². The smallest absolute Gasteiger partial charge is 0.320 e. The standard InChI is InChI=1S/C10H11N5O4S/c16-7-2-1-6(13-14-7)12-9(18)11-3-4-15-8(17)5-20-10(15)19/h1-2H,3-5H2,(H,14,16)(H2,11,12,13,18). The van der Waals surface area contributed by atoms with Crippen molar-refractivity contribution < 1.29 is 14.4 Å². The summed E-state index contributed by atoms with van der Waals surface area (Å²) in [6, 6.07) is 2.03. The van der Waals surface area contributed by atoms with Gasteiger partial charge < -0.3 is 5.32 Å². The summed E-state index contributed by atoms with van der Waals surface area (Å²) in [4.78, 5) is 45.9. The van der Waals surface area contributed by atoms with E-state index in [1.807, 2.05) is 0 Å². The Hall–Kier alpha value is -2.36. The zero-order chi connectivity index (χ0) is 14.5. The number of hydrogen-bond donors (Lipinski definition) is 3. The minimum absolute atomic E-state index is 0.122. The molecule has 4 amide bonds. The third-order valence-electron chi connectivity index (χ3n) is 2.38. The number of thioether (sulfide) groups is 1. The Bertz CT molecular complexity index is 565. The van der Waals surface area contributed by atoms with Crippen molar-refractivity contribution in [1.29, 1.82) is 0 Å². The molecule has 0 spiro atoms. The van der Waals surface area contributed by atoms with E-state index in [1.165, 1.54) is 12.1 Å². The van der Waals surface area contributed by atoms with Crippen LogP contribution in [0.15, 0.2) is 16.9 Å². The van der Waals surface area contributed by atoms with Crippen LogP contribution in [-0.4, -0.2) is 51.1 Å². The lowest BCUT2D eigenvalue weighted by atomic mass is 10.5. The maximum atomic E-state index is 11.5. The number of aromatic amines is 1. The Morgan fingerprint density at radius 1 is 1.40 bits per heavy atom. The van der Waals surface area contributed by atoms with E-state index < -0.39 is 6.03 Å². The first kappa shape index (κ1) is 14.1. The summed E-state index contributed by atoms with van der Waals surface area (Å²) in [5.41, 5.74) is -0.375. The van der Waals surface area contributed by atoms with Gasteiger partial charge in [0, 0.05) is 19.2 Å². The summed E-state index contributed by atoms with van der Waals surface area (Å²) in [5, 5.41) is 10.3. The molecule has 1 aliphatic rings. The second-order valence-electron chi connectivity index (χ2n) is 3.79. The number of hydrogen-bond acceptors (Lipinski definition) is 6. The van der Waals surface area contributed by atoms with Crippen LogP contribution in [0.1, 0.15) is 0 Å². The van der Waals surface area contributed by atoms with Gasteiger partial charge in [0.15, 0.2) is 5.82 Å². The van der Waals surface area contributed by atoms with Crippen molar-refractivity contribution in [1.82, 2.24) is 20.4 Å². The Morgan fingerprint density at radius 2 is 2.20 bits per heavy atom. The van der Waals surface area contributed by atoms with Crippen molar-refractivity contribution in [3.8, 4) is 0 Å². The van der Waals surface area contributed by atoms with Crippen LogP contribution < -0.4 is 16.2 Å². The van der Waals surface area contributed by atoms with E-state index in [-0.39, 0.29) is 41.4 Å². The zero-order valence-corrected chi connectivity index (χ0v) is 11.0. The molecule has 0 aromatic carbocycles. The van der Waals surface area contributed by atoms with Crippen LogP contribution in [0, 0.1) is 0 Å². The van der Waals surface area contributed by atoms with Gasteiger partial charge in [-0.25, -0.2) is 9.89 Å². The molecule has 1 aromatic rings. The van der Waals surface area contributed by atoms with Gasteiger partial charge in [0.05, 0.1) is 5.75 Å². The number of nitrogens with zero attached hydrogens (tertiary/aromatic N) is 2. The van der Waals surface area contributed by atoms with Crippen molar-refractivity contribution in [3.05, 3.63) is 22.5 Å². The minimum atomic E-state index is -0.545. The van der Waals surface area contributed by atoms with E-state index >= 15 is 0 Å². The Balaban J connectivity index is 1.75. The molecule has 106 valence electrons. The first-order chi connectivity index (χ1) is 9.56. The monoisotopic (exact) mass is 297 g/mol. The molecule has 1 saturated heterocycles. The predicted octanol–water partition coefficient (Wildman–Crippen LogP) is -0.413. The summed E-state index contributed by atoms with van der Waals surface area (Å²) in [6.07, 6.45) is 0. The summed E-state index contributed by atoms with van der Waals surface area (Å²) >= 11 is 0.942. The minimum Gasteiger partial charge on any atom is -0.336 e. The molecule has 1 aliphatic heterocycles. The van der Waals surface area contributed by atoms with Crippen molar-refractivity contribution in [3.63, 3.8) is 0 Å². The number of carbonyl (C=O) groups excluding carboxylic acids is 3. The molecular formula is C10H11N5O4S. The van der Waals surface area contributed by atoms with E-state index in [9.17, 15) is 19.2 Å². The first-order valence-electron chi connectivity index (χ1n) is 5.64. The normalized spacial score (nSPS) is 14.5. The van der Waals surface area contributed by atoms with Gasteiger partial charge >= 0.3 is 6.03 Å². The van der Waals surface area contributed by atoms with Gasteiger partial charge in [0.1, 0.15) is 0 Å². The Morgan fingerprint density at radius 3 is 2.80 bits per heavy atom. The van der Waals surface area contributed by atoms with Gasteiger partial charge in [0.25, 0.3) is 10.8 Å². The molecule has 0 bridgehead atoms. The number of nitrogens with one attached hydrogen (secondary N) is 3. The number of imide groups is 1. The van der Waals surface area contributed by atoms with Crippen molar-refractivity contribution in [2.75, 3.05) is 24.2 Å². The highest BCUT2D eigenvalue weighted by molar-refractivity contribution is 8.14. The van der Waals surface area contributed by atoms with E-state index in [1.54, 1.807) is 0 Å². The van der Waals surface area contributed by atoms with Crippen LogP contribution >= 0.6 is 11.8 Å². The molecule has 20 heavy (non-hydrogen) atoms. The third-order valence-corrected chi connectivity index (χ3v) is 3.24.